The highest BCUT2D eigenvalue weighted by Crippen LogP contribution is 2.17. The van der Waals surface area contributed by atoms with Gasteiger partial charge in [0.15, 0.2) is 0 Å². The van der Waals surface area contributed by atoms with Crippen molar-refractivity contribution in [3.63, 3.8) is 0 Å². The summed E-state index contributed by atoms with van der Waals surface area (Å²) in [7, 11) is 1.33. The summed E-state index contributed by atoms with van der Waals surface area (Å²) in [5.41, 5.74) is 2.51. The van der Waals surface area contributed by atoms with E-state index < -0.39 is 6.09 Å². The molecule has 5 heteroatoms. The summed E-state index contributed by atoms with van der Waals surface area (Å²) in [6, 6.07) is 8.44. The third kappa shape index (κ3) is 3.00. The molecule has 0 bridgehead atoms. The molecule has 0 aromatic heterocycles. The molecule has 0 saturated heterocycles. The van der Waals surface area contributed by atoms with Gasteiger partial charge in [-0.2, -0.15) is 0 Å². The summed E-state index contributed by atoms with van der Waals surface area (Å²) in [5.74, 6) is 0.819. The van der Waals surface area contributed by atoms with Crippen LogP contribution in [0.5, 0.6) is 0 Å². The lowest BCUT2D eigenvalue weighted by Crippen LogP contribution is -2.45. The Balaban J connectivity index is 1.97. The smallest absolute Gasteiger partial charge is 0.413 e. The van der Waals surface area contributed by atoms with E-state index in [1.807, 2.05) is 0 Å². The highest BCUT2D eigenvalue weighted by Gasteiger charge is 2.17. The van der Waals surface area contributed by atoms with Crippen molar-refractivity contribution in [2.75, 3.05) is 20.2 Å². The summed E-state index contributed by atoms with van der Waals surface area (Å²) in [4.78, 5) is 15.3. The average molecular weight is 247 g/mol. The average Bonchev–Trinajstić information content (AvgIpc) is 2.40. The third-order valence-electron chi connectivity index (χ3n) is 2.94. The van der Waals surface area contributed by atoms with Gasteiger partial charge in [0, 0.05) is 12.5 Å². The minimum absolute atomic E-state index is 0.341. The molecule has 0 saturated carbocycles. The molecule has 1 aliphatic heterocycles. The molecule has 0 aliphatic carbocycles. The van der Waals surface area contributed by atoms with Crippen LogP contribution in [0.15, 0.2) is 29.3 Å². The Kier molecular flexibility index (Phi) is 3.82. The molecule has 1 unspecified atom stereocenters. The second kappa shape index (κ2) is 5.53. The van der Waals surface area contributed by atoms with E-state index in [-0.39, 0.29) is 0 Å². The van der Waals surface area contributed by atoms with Gasteiger partial charge in [-0.25, -0.2) is 4.79 Å². The Morgan fingerprint density at radius 1 is 1.44 bits per heavy atom. The van der Waals surface area contributed by atoms with Gasteiger partial charge in [0.2, 0.25) is 5.96 Å². The standard InChI is InChI=1S/C13H17N3O2/c1-9-3-5-10(6-4-9)11-7-14-12(15-8-11)16-13(17)18-2/h3-6,11H,7-8H2,1-2H3,(H2,14,15,16,17). The first kappa shape index (κ1) is 12.4. The molecule has 1 atom stereocenters. The van der Waals surface area contributed by atoms with Crippen molar-refractivity contribution in [3.8, 4) is 0 Å². The maximum atomic E-state index is 11.0. The molecule has 96 valence electrons. The van der Waals surface area contributed by atoms with Crippen molar-refractivity contribution < 1.29 is 9.53 Å². The zero-order valence-corrected chi connectivity index (χ0v) is 10.6. The molecule has 2 rings (SSSR count). The number of ether oxygens (including phenoxy) is 1. The van der Waals surface area contributed by atoms with Crippen LogP contribution in [0, 0.1) is 6.92 Å². The number of hydrogen-bond donors (Lipinski definition) is 2. The highest BCUT2D eigenvalue weighted by molar-refractivity contribution is 5.94. The summed E-state index contributed by atoms with van der Waals surface area (Å²) in [6.45, 7) is 3.49. The number of carbonyl (C=O) groups is 1. The highest BCUT2D eigenvalue weighted by atomic mass is 16.5. The van der Waals surface area contributed by atoms with Crippen LogP contribution in [0.3, 0.4) is 0 Å². The van der Waals surface area contributed by atoms with Crippen molar-refractivity contribution in [1.29, 1.82) is 0 Å². The van der Waals surface area contributed by atoms with Crippen LogP contribution in [-0.2, 0) is 4.74 Å². The van der Waals surface area contributed by atoms with E-state index in [0.29, 0.717) is 18.4 Å². The van der Waals surface area contributed by atoms with Crippen molar-refractivity contribution in [2.24, 2.45) is 4.99 Å². The second-order valence-electron chi connectivity index (χ2n) is 4.29. The van der Waals surface area contributed by atoms with Gasteiger partial charge in [0.05, 0.1) is 13.7 Å². The number of methoxy groups -OCH3 is 1. The van der Waals surface area contributed by atoms with Gasteiger partial charge in [0.1, 0.15) is 0 Å². The van der Waals surface area contributed by atoms with E-state index in [1.54, 1.807) is 0 Å². The van der Waals surface area contributed by atoms with Gasteiger partial charge in [-0.1, -0.05) is 29.8 Å². The van der Waals surface area contributed by atoms with Crippen LogP contribution in [-0.4, -0.2) is 32.3 Å². The maximum Gasteiger partial charge on any atom is 0.413 e. The van der Waals surface area contributed by atoms with Gasteiger partial charge < -0.3 is 10.1 Å². The van der Waals surface area contributed by atoms with E-state index in [0.717, 1.165) is 6.54 Å². The molecule has 0 radical (unpaired) electrons. The molecule has 1 aromatic rings. The van der Waals surface area contributed by atoms with Crippen LogP contribution < -0.4 is 10.6 Å². The van der Waals surface area contributed by atoms with Crippen molar-refractivity contribution in [3.05, 3.63) is 35.4 Å². The van der Waals surface area contributed by atoms with E-state index in [1.165, 1.54) is 18.2 Å². The molecule has 1 heterocycles. The number of hydrogen-bond acceptors (Lipinski definition) is 4. The summed E-state index contributed by atoms with van der Waals surface area (Å²) < 4.78 is 4.51. The molecule has 18 heavy (non-hydrogen) atoms. The maximum absolute atomic E-state index is 11.0. The number of benzene rings is 1. The van der Waals surface area contributed by atoms with E-state index in [9.17, 15) is 4.79 Å². The number of nitrogens with zero attached hydrogens (tertiary/aromatic N) is 1. The fraction of sp³-hybridized carbons (Fsp3) is 0.385. The molecule has 1 amide bonds. The lowest BCUT2D eigenvalue weighted by atomic mass is 9.97. The first-order valence-electron chi connectivity index (χ1n) is 5.89. The monoisotopic (exact) mass is 247 g/mol. The quantitative estimate of drug-likeness (QED) is 0.788. The number of rotatable bonds is 1. The van der Waals surface area contributed by atoms with Gasteiger partial charge in [-0.15, -0.1) is 0 Å². The summed E-state index contributed by atoms with van der Waals surface area (Å²) in [5, 5.41) is 5.61. The Morgan fingerprint density at radius 2 is 2.17 bits per heavy atom. The fourth-order valence-electron chi connectivity index (χ4n) is 1.84. The molecular weight excluding hydrogens is 230 g/mol. The van der Waals surface area contributed by atoms with Gasteiger partial charge in [-0.3, -0.25) is 10.3 Å². The van der Waals surface area contributed by atoms with Gasteiger partial charge in [-0.05, 0) is 12.5 Å². The number of carbonyl (C=O) groups excluding carboxylic acids is 1. The first-order valence-corrected chi connectivity index (χ1v) is 5.89. The largest absolute Gasteiger partial charge is 0.453 e. The molecule has 2 N–H and O–H groups in total. The van der Waals surface area contributed by atoms with E-state index in [4.69, 9.17) is 0 Å². The second-order valence-corrected chi connectivity index (χ2v) is 4.29. The van der Waals surface area contributed by atoms with Crippen molar-refractivity contribution >= 4 is 12.1 Å². The third-order valence-corrected chi connectivity index (χ3v) is 2.94. The Hall–Kier alpha value is -2.04. The van der Waals surface area contributed by atoms with Crippen LogP contribution in [0.25, 0.3) is 0 Å². The zero-order chi connectivity index (χ0) is 13.0. The minimum Gasteiger partial charge on any atom is -0.453 e. The zero-order valence-electron chi connectivity index (χ0n) is 10.6. The Labute approximate surface area is 106 Å². The minimum atomic E-state index is -0.505. The van der Waals surface area contributed by atoms with Crippen LogP contribution in [0.2, 0.25) is 0 Å². The van der Waals surface area contributed by atoms with Crippen molar-refractivity contribution in [2.45, 2.75) is 12.8 Å². The molecule has 0 spiro atoms. The molecule has 5 nitrogen and oxygen atoms in total. The summed E-state index contributed by atoms with van der Waals surface area (Å²) in [6.07, 6.45) is -0.505. The Bertz CT molecular complexity index is 454. The number of amides is 1. The number of guanidine groups is 1. The lowest BCUT2D eigenvalue weighted by Gasteiger charge is -2.23. The van der Waals surface area contributed by atoms with Crippen molar-refractivity contribution in [1.82, 2.24) is 10.6 Å². The number of nitrogens with one attached hydrogen (secondary N) is 2. The first-order chi connectivity index (χ1) is 8.69. The topological polar surface area (TPSA) is 62.7 Å². The van der Waals surface area contributed by atoms with E-state index >= 15 is 0 Å². The summed E-state index contributed by atoms with van der Waals surface area (Å²) >= 11 is 0. The predicted octanol–water partition coefficient (Wildman–Crippen LogP) is 1.39. The van der Waals surface area contributed by atoms with E-state index in [2.05, 4.69) is 51.6 Å². The normalized spacial score (nSPS) is 18.6. The lowest BCUT2D eigenvalue weighted by molar-refractivity contribution is 0.176. The Morgan fingerprint density at radius 3 is 2.72 bits per heavy atom. The van der Waals surface area contributed by atoms with Crippen LogP contribution in [0.4, 0.5) is 4.79 Å². The number of aliphatic imine (C=N–C) groups is 1. The van der Waals surface area contributed by atoms with Gasteiger partial charge >= 0.3 is 6.09 Å². The molecule has 1 aliphatic rings. The molecule has 0 fully saturated rings. The SMILES string of the molecule is COC(=O)NC1=NCC(c2ccc(C)cc2)CN1. The molecule has 1 aromatic carbocycles. The predicted molar refractivity (Wildman–Crippen MR) is 69.8 cm³/mol. The number of aryl methyl sites for hydroxylation is 1. The van der Waals surface area contributed by atoms with Crippen LogP contribution >= 0.6 is 0 Å². The van der Waals surface area contributed by atoms with Gasteiger partial charge in [0.25, 0.3) is 0 Å². The molecular formula is C13H17N3O2. The number of alkyl carbamates (subject to hydrolysis) is 1. The fourth-order valence-corrected chi connectivity index (χ4v) is 1.84. The van der Waals surface area contributed by atoms with Crippen LogP contribution in [0.1, 0.15) is 17.0 Å².